The van der Waals surface area contributed by atoms with Crippen LogP contribution in [0.4, 0.5) is 0 Å². The highest BCUT2D eigenvalue weighted by atomic mass is 31.1. The van der Waals surface area contributed by atoms with E-state index in [1.54, 1.807) is 0 Å². The number of hydrogen-bond acceptors (Lipinski definition) is 1. The summed E-state index contributed by atoms with van der Waals surface area (Å²) in [5.41, 5.74) is 1.28. The summed E-state index contributed by atoms with van der Waals surface area (Å²) in [7, 11) is 0.587. The lowest BCUT2D eigenvalue weighted by Crippen LogP contribution is -1.91. The molecule has 0 heterocycles. The first-order valence-corrected chi connectivity index (χ1v) is 5.76. The molecular formula is C11H17OP. The molecule has 0 spiro atoms. The van der Waals surface area contributed by atoms with Crippen molar-refractivity contribution < 1.29 is 4.52 Å². The fourth-order valence-electron chi connectivity index (χ4n) is 0.898. The molecule has 0 saturated carbocycles. The molecule has 72 valence electrons. The van der Waals surface area contributed by atoms with Crippen LogP contribution in [0.5, 0.6) is 5.75 Å². The summed E-state index contributed by atoms with van der Waals surface area (Å²) in [4.78, 5) is 0. The third kappa shape index (κ3) is 4.28. The second kappa shape index (κ2) is 5.24. The lowest BCUT2D eigenvalue weighted by atomic mass is 10.2. The van der Waals surface area contributed by atoms with Crippen LogP contribution in [0.25, 0.3) is 0 Å². The van der Waals surface area contributed by atoms with Gasteiger partial charge in [-0.1, -0.05) is 31.5 Å². The van der Waals surface area contributed by atoms with E-state index in [1.807, 2.05) is 12.1 Å². The van der Waals surface area contributed by atoms with Gasteiger partial charge < -0.3 is 4.52 Å². The average molecular weight is 196 g/mol. The highest BCUT2D eigenvalue weighted by Crippen LogP contribution is 2.22. The molecule has 0 aliphatic rings. The zero-order chi connectivity index (χ0) is 9.68. The van der Waals surface area contributed by atoms with Crippen LogP contribution in [-0.4, -0.2) is 6.16 Å². The number of benzene rings is 1. The minimum absolute atomic E-state index is 0.587. The first kappa shape index (κ1) is 10.5. The van der Waals surface area contributed by atoms with Crippen LogP contribution in [0, 0.1) is 12.8 Å². The Hall–Kier alpha value is -0.550. The molecule has 0 aromatic heterocycles. The summed E-state index contributed by atoms with van der Waals surface area (Å²) in [6, 6.07) is 8.22. The molecule has 1 unspecified atom stereocenters. The van der Waals surface area contributed by atoms with E-state index in [9.17, 15) is 0 Å². The predicted octanol–water partition coefficient (Wildman–Crippen LogP) is 3.62. The maximum absolute atomic E-state index is 5.60. The minimum atomic E-state index is 0.587. The Labute approximate surface area is 82.4 Å². The van der Waals surface area contributed by atoms with Gasteiger partial charge in [0.25, 0.3) is 0 Å². The van der Waals surface area contributed by atoms with Gasteiger partial charge in [-0.05, 0) is 25.0 Å². The fraction of sp³-hybridized carbons (Fsp3) is 0.455. The highest BCUT2D eigenvalue weighted by molar-refractivity contribution is 7.32. The SMILES string of the molecule is Cc1ccc(OPCC(C)C)cc1. The van der Waals surface area contributed by atoms with Crippen molar-refractivity contribution in [3.8, 4) is 5.75 Å². The molecule has 0 N–H and O–H groups in total. The third-order valence-corrected chi connectivity index (χ3v) is 3.07. The van der Waals surface area contributed by atoms with Gasteiger partial charge >= 0.3 is 0 Å². The maximum Gasteiger partial charge on any atom is 0.122 e. The van der Waals surface area contributed by atoms with Crippen LogP contribution >= 0.6 is 8.81 Å². The Morgan fingerprint density at radius 1 is 1.23 bits per heavy atom. The van der Waals surface area contributed by atoms with Crippen LogP contribution in [0.1, 0.15) is 19.4 Å². The van der Waals surface area contributed by atoms with Crippen molar-refractivity contribution in [3.05, 3.63) is 29.8 Å². The van der Waals surface area contributed by atoms with Gasteiger partial charge in [0.2, 0.25) is 0 Å². The molecule has 1 aromatic rings. The standard InChI is InChI=1S/C11H17OP/c1-9(2)8-13-12-11-6-4-10(3)5-7-11/h4-7,9,13H,8H2,1-3H3. The van der Waals surface area contributed by atoms with E-state index in [0.29, 0.717) is 8.81 Å². The highest BCUT2D eigenvalue weighted by Gasteiger charge is 1.95. The van der Waals surface area contributed by atoms with Gasteiger partial charge in [0.15, 0.2) is 0 Å². The van der Waals surface area contributed by atoms with Gasteiger partial charge in [0.1, 0.15) is 5.75 Å². The molecule has 0 aliphatic carbocycles. The van der Waals surface area contributed by atoms with E-state index in [0.717, 1.165) is 17.8 Å². The summed E-state index contributed by atoms with van der Waals surface area (Å²) >= 11 is 0. The fourth-order valence-corrected chi connectivity index (χ4v) is 1.62. The zero-order valence-electron chi connectivity index (χ0n) is 8.50. The van der Waals surface area contributed by atoms with Crippen molar-refractivity contribution >= 4 is 8.81 Å². The van der Waals surface area contributed by atoms with Crippen LogP contribution < -0.4 is 4.52 Å². The van der Waals surface area contributed by atoms with Crippen LogP contribution in [0.15, 0.2) is 24.3 Å². The molecule has 1 rings (SSSR count). The summed E-state index contributed by atoms with van der Waals surface area (Å²) in [6.45, 7) is 6.51. The van der Waals surface area contributed by atoms with Crippen molar-refractivity contribution in [1.82, 2.24) is 0 Å². The molecule has 2 heteroatoms. The Morgan fingerprint density at radius 2 is 1.85 bits per heavy atom. The van der Waals surface area contributed by atoms with Gasteiger partial charge in [-0.2, -0.15) is 0 Å². The van der Waals surface area contributed by atoms with Gasteiger partial charge in [0, 0.05) is 6.16 Å². The molecule has 1 aromatic carbocycles. The Morgan fingerprint density at radius 3 is 2.38 bits per heavy atom. The summed E-state index contributed by atoms with van der Waals surface area (Å²) in [5, 5.41) is 0. The average Bonchev–Trinajstić information content (AvgIpc) is 2.08. The van der Waals surface area contributed by atoms with Gasteiger partial charge in [0.05, 0.1) is 8.81 Å². The molecule has 0 amide bonds. The van der Waals surface area contributed by atoms with E-state index in [1.165, 1.54) is 5.56 Å². The van der Waals surface area contributed by atoms with Crippen LogP contribution in [-0.2, 0) is 0 Å². The first-order chi connectivity index (χ1) is 6.18. The first-order valence-electron chi connectivity index (χ1n) is 4.65. The van der Waals surface area contributed by atoms with Gasteiger partial charge in [-0.3, -0.25) is 0 Å². The van der Waals surface area contributed by atoms with E-state index in [-0.39, 0.29) is 0 Å². The zero-order valence-corrected chi connectivity index (χ0v) is 9.50. The number of rotatable bonds is 4. The van der Waals surface area contributed by atoms with E-state index in [2.05, 4.69) is 32.9 Å². The molecule has 1 nitrogen and oxygen atoms in total. The topological polar surface area (TPSA) is 9.23 Å². The third-order valence-electron chi connectivity index (χ3n) is 1.70. The monoisotopic (exact) mass is 196 g/mol. The van der Waals surface area contributed by atoms with Crippen molar-refractivity contribution in [2.45, 2.75) is 20.8 Å². The Kier molecular flexibility index (Phi) is 4.24. The van der Waals surface area contributed by atoms with E-state index in [4.69, 9.17) is 4.52 Å². The Bertz CT molecular complexity index is 241. The van der Waals surface area contributed by atoms with E-state index < -0.39 is 0 Å². The smallest absolute Gasteiger partial charge is 0.122 e. The largest absolute Gasteiger partial charge is 0.477 e. The van der Waals surface area contributed by atoms with Gasteiger partial charge in [-0.25, -0.2) is 0 Å². The quantitative estimate of drug-likeness (QED) is 0.668. The lowest BCUT2D eigenvalue weighted by molar-refractivity contribution is 0.615. The van der Waals surface area contributed by atoms with Crippen LogP contribution in [0.2, 0.25) is 0 Å². The lowest BCUT2D eigenvalue weighted by Gasteiger charge is -2.07. The molecule has 13 heavy (non-hydrogen) atoms. The number of hydrogen-bond donors (Lipinski definition) is 0. The molecule has 0 radical (unpaired) electrons. The van der Waals surface area contributed by atoms with Crippen molar-refractivity contribution in [2.24, 2.45) is 5.92 Å². The summed E-state index contributed by atoms with van der Waals surface area (Å²) in [6.07, 6.45) is 1.15. The minimum Gasteiger partial charge on any atom is -0.477 e. The summed E-state index contributed by atoms with van der Waals surface area (Å²) < 4.78 is 5.60. The second-order valence-electron chi connectivity index (χ2n) is 3.66. The molecule has 0 saturated heterocycles. The normalized spacial score (nSPS) is 11.4. The predicted molar refractivity (Wildman–Crippen MR) is 59.8 cm³/mol. The van der Waals surface area contributed by atoms with E-state index >= 15 is 0 Å². The second-order valence-corrected chi connectivity index (χ2v) is 4.56. The number of aryl methyl sites for hydroxylation is 1. The van der Waals surface area contributed by atoms with Gasteiger partial charge in [-0.15, -0.1) is 0 Å². The molecule has 1 atom stereocenters. The summed E-state index contributed by atoms with van der Waals surface area (Å²) in [5.74, 6) is 1.72. The van der Waals surface area contributed by atoms with Crippen LogP contribution in [0.3, 0.4) is 0 Å². The molecule has 0 fully saturated rings. The van der Waals surface area contributed by atoms with Crippen molar-refractivity contribution in [2.75, 3.05) is 6.16 Å². The molecule has 0 bridgehead atoms. The van der Waals surface area contributed by atoms with Crippen molar-refractivity contribution in [3.63, 3.8) is 0 Å². The maximum atomic E-state index is 5.60. The van der Waals surface area contributed by atoms with Crippen molar-refractivity contribution in [1.29, 1.82) is 0 Å². The Balaban J connectivity index is 2.33. The molecular weight excluding hydrogens is 179 g/mol. The molecule has 0 aliphatic heterocycles.